The number of hydrogen-bond donors (Lipinski definition) is 2. The molecule has 1 aliphatic rings. The molecule has 0 aliphatic carbocycles. The van der Waals surface area contributed by atoms with Crippen molar-refractivity contribution in [2.24, 2.45) is 0 Å². The summed E-state index contributed by atoms with van der Waals surface area (Å²) in [6.07, 6.45) is 2.76. The fourth-order valence-corrected chi connectivity index (χ4v) is 2.52. The van der Waals surface area contributed by atoms with E-state index < -0.39 is 29.5 Å². The van der Waals surface area contributed by atoms with Crippen LogP contribution >= 0.6 is 0 Å². The lowest BCUT2D eigenvalue weighted by Crippen LogP contribution is -2.38. The van der Waals surface area contributed by atoms with Crippen molar-refractivity contribution in [3.05, 3.63) is 65.2 Å². The van der Waals surface area contributed by atoms with Crippen LogP contribution in [0.15, 0.2) is 42.5 Å². The van der Waals surface area contributed by atoms with Crippen molar-refractivity contribution in [1.29, 1.82) is 0 Å². The van der Waals surface area contributed by atoms with Crippen molar-refractivity contribution < 1.29 is 27.8 Å². The topological polar surface area (TPSA) is 76.7 Å². The second-order valence-electron chi connectivity index (χ2n) is 5.68. The molecule has 0 saturated carbocycles. The normalized spacial score (nSPS) is 13.4. The number of benzene rings is 2. The maximum Gasteiger partial charge on any atom is 0.246 e. The van der Waals surface area contributed by atoms with E-state index in [-0.39, 0.29) is 12.4 Å². The Labute approximate surface area is 153 Å². The van der Waals surface area contributed by atoms with E-state index in [2.05, 4.69) is 10.6 Å². The van der Waals surface area contributed by atoms with Crippen LogP contribution in [-0.2, 0) is 9.59 Å². The molecule has 1 aliphatic heterocycles. The smallest absolute Gasteiger partial charge is 0.246 e. The maximum absolute atomic E-state index is 13.5. The Morgan fingerprint density at radius 1 is 1.07 bits per heavy atom. The summed E-state index contributed by atoms with van der Waals surface area (Å²) in [6.45, 7) is 0.144. The molecule has 3 rings (SSSR count). The highest BCUT2D eigenvalue weighted by Gasteiger charge is 2.22. The highest BCUT2D eigenvalue weighted by molar-refractivity contribution is 5.96. The average Bonchev–Trinajstić information content (AvgIpc) is 3.14. The van der Waals surface area contributed by atoms with E-state index in [1.165, 1.54) is 25.3 Å². The van der Waals surface area contributed by atoms with Gasteiger partial charge < -0.3 is 20.1 Å². The summed E-state index contributed by atoms with van der Waals surface area (Å²) in [7, 11) is 1.38. The fraction of sp³-hybridized carbons (Fsp3) is 0.158. The SMILES string of the molecule is CNC(=O)C(NC(=O)C=Cc1ccc2c(c1)OCO2)c1ccc(F)c(F)c1. The second-order valence-corrected chi connectivity index (χ2v) is 5.68. The quantitative estimate of drug-likeness (QED) is 0.788. The molecule has 8 heteroatoms. The molecule has 6 nitrogen and oxygen atoms in total. The Kier molecular flexibility index (Phi) is 5.35. The Bertz CT molecular complexity index is 915. The van der Waals surface area contributed by atoms with Gasteiger partial charge in [0.15, 0.2) is 23.1 Å². The van der Waals surface area contributed by atoms with Crippen molar-refractivity contribution in [1.82, 2.24) is 10.6 Å². The lowest BCUT2D eigenvalue weighted by Gasteiger charge is -2.17. The number of nitrogens with one attached hydrogen (secondary N) is 2. The summed E-state index contributed by atoms with van der Waals surface area (Å²) in [5.41, 5.74) is 0.816. The van der Waals surface area contributed by atoms with Crippen molar-refractivity contribution in [2.75, 3.05) is 13.8 Å². The van der Waals surface area contributed by atoms with Crippen LogP contribution in [0.2, 0.25) is 0 Å². The van der Waals surface area contributed by atoms with Crippen molar-refractivity contribution >= 4 is 17.9 Å². The first-order valence-corrected chi connectivity index (χ1v) is 8.02. The molecular formula is C19H16F2N2O4. The standard InChI is InChI=1S/C19H16F2N2O4/c1-22-19(25)18(12-4-5-13(20)14(21)9-12)23-17(24)7-3-11-2-6-15-16(8-11)27-10-26-15/h2-9,18H,10H2,1H3,(H,22,25)(H,23,24). The predicted molar refractivity (Wildman–Crippen MR) is 92.9 cm³/mol. The van der Waals surface area contributed by atoms with Crippen molar-refractivity contribution in [2.45, 2.75) is 6.04 Å². The third kappa shape index (κ3) is 4.22. The summed E-state index contributed by atoms with van der Waals surface area (Å²) < 4.78 is 37.1. The first kappa shape index (κ1) is 18.4. The molecular weight excluding hydrogens is 358 g/mol. The lowest BCUT2D eigenvalue weighted by molar-refractivity contribution is -0.126. The largest absolute Gasteiger partial charge is 0.454 e. The number of carbonyl (C=O) groups is 2. The molecule has 1 unspecified atom stereocenters. The third-order valence-corrected chi connectivity index (χ3v) is 3.90. The number of halogens is 2. The van der Waals surface area contributed by atoms with E-state index in [0.29, 0.717) is 17.1 Å². The van der Waals surface area contributed by atoms with E-state index >= 15 is 0 Å². The van der Waals surface area contributed by atoms with E-state index in [1.807, 2.05) is 0 Å². The Balaban J connectivity index is 1.74. The number of likely N-dealkylation sites (N-methyl/N-ethyl adjacent to an activating group) is 1. The van der Waals surface area contributed by atoms with Crippen LogP contribution in [-0.4, -0.2) is 25.7 Å². The van der Waals surface area contributed by atoms with Gasteiger partial charge in [0.2, 0.25) is 18.6 Å². The fourth-order valence-electron chi connectivity index (χ4n) is 2.52. The van der Waals surface area contributed by atoms with Crippen LogP contribution in [0, 0.1) is 11.6 Å². The average molecular weight is 374 g/mol. The lowest BCUT2D eigenvalue weighted by atomic mass is 10.1. The summed E-state index contributed by atoms with van der Waals surface area (Å²) in [6, 6.07) is 7.00. The summed E-state index contributed by atoms with van der Waals surface area (Å²) in [5.74, 6) is -2.09. The van der Waals surface area contributed by atoms with Gasteiger partial charge in [0, 0.05) is 13.1 Å². The molecule has 2 N–H and O–H groups in total. The van der Waals surface area contributed by atoms with E-state index in [0.717, 1.165) is 12.1 Å². The molecule has 1 heterocycles. The number of amides is 2. The summed E-state index contributed by atoms with van der Waals surface area (Å²) >= 11 is 0. The Morgan fingerprint density at radius 3 is 2.59 bits per heavy atom. The van der Waals surface area contributed by atoms with Crippen LogP contribution in [0.5, 0.6) is 11.5 Å². The Morgan fingerprint density at radius 2 is 1.85 bits per heavy atom. The monoisotopic (exact) mass is 374 g/mol. The number of carbonyl (C=O) groups excluding carboxylic acids is 2. The first-order valence-electron chi connectivity index (χ1n) is 8.02. The molecule has 0 aromatic heterocycles. The van der Waals surface area contributed by atoms with Crippen LogP contribution in [0.25, 0.3) is 6.08 Å². The number of ether oxygens (including phenoxy) is 2. The first-order chi connectivity index (χ1) is 13.0. The Hall–Kier alpha value is -3.42. The molecule has 0 fully saturated rings. The highest BCUT2D eigenvalue weighted by atomic mass is 19.2. The van der Waals surface area contributed by atoms with E-state index in [4.69, 9.17) is 9.47 Å². The molecule has 1 atom stereocenters. The predicted octanol–water partition coefficient (Wildman–Crippen LogP) is 2.31. The zero-order chi connectivity index (χ0) is 19.4. The zero-order valence-electron chi connectivity index (χ0n) is 14.3. The summed E-state index contributed by atoms with van der Waals surface area (Å²) in [5, 5.41) is 4.85. The van der Waals surface area contributed by atoms with Crippen LogP contribution in [0.3, 0.4) is 0 Å². The van der Waals surface area contributed by atoms with Gasteiger partial charge in [-0.2, -0.15) is 0 Å². The van der Waals surface area contributed by atoms with E-state index in [1.54, 1.807) is 18.2 Å². The van der Waals surface area contributed by atoms with Gasteiger partial charge in [-0.3, -0.25) is 9.59 Å². The van der Waals surface area contributed by atoms with Gasteiger partial charge in [-0.05, 0) is 41.5 Å². The molecule has 0 spiro atoms. The number of fused-ring (bicyclic) bond motifs is 1. The molecule has 0 radical (unpaired) electrons. The van der Waals surface area contributed by atoms with Gasteiger partial charge >= 0.3 is 0 Å². The second kappa shape index (κ2) is 7.86. The molecule has 0 saturated heterocycles. The molecule has 2 aromatic rings. The molecule has 0 bridgehead atoms. The number of rotatable bonds is 5. The molecule has 2 aromatic carbocycles. The minimum absolute atomic E-state index is 0.123. The number of hydrogen-bond acceptors (Lipinski definition) is 4. The minimum Gasteiger partial charge on any atom is -0.454 e. The summed E-state index contributed by atoms with van der Waals surface area (Å²) in [4.78, 5) is 24.3. The molecule has 2 amide bonds. The molecule has 140 valence electrons. The van der Waals surface area contributed by atoms with E-state index in [9.17, 15) is 18.4 Å². The van der Waals surface area contributed by atoms with Crippen LogP contribution in [0.4, 0.5) is 8.78 Å². The van der Waals surface area contributed by atoms with Gasteiger partial charge in [0.25, 0.3) is 0 Å². The zero-order valence-corrected chi connectivity index (χ0v) is 14.3. The van der Waals surface area contributed by atoms with Gasteiger partial charge in [-0.15, -0.1) is 0 Å². The van der Waals surface area contributed by atoms with Crippen LogP contribution in [0.1, 0.15) is 17.2 Å². The minimum atomic E-state index is -1.17. The van der Waals surface area contributed by atoms with Gasteiger partial charge in [-0.25, -0.2) is 8.78 Å². The molecule has 27 heavy (non-hydrogen) atoms. The van der Waals surface area contributed by atoms with Crippen molar-refractivity contribution in [3.8, 4) is 11.5 Å². The third-order valence-electron chi connectivity index (χ3n) is 3.90. The van der Waals surface area contributed by atoms with Crippen LogP contribution < -0.4 is 20.1 Å². The van der Waals surface area contributed by atoms with Gasteiger partial charge in [0.1, 0.15) is 6.04 Å². The van der Waals surface area contributed by atoms with Crippen molar-refractivity contribution in [3.63, 3.8) is 0 Å². The van der Waals surface area contributed by atoms with Gasteiger partial charge in [-0.1, -0.05) is 12.1 Å². The maximum atomic E-state index is 13.5. The van der Waals surface area contributed by atoms with Gasteiger partial charge in [0.05, 0.1) is 0 Å². The highest BCUT2D eigenvalue weighted by Crippen LogP contribution is 2.32.